The SMILES string of the molecule is CC(C)(S)c1ccc(CC(=O)O)cc1. The van der Waals surface area contributed by atoms with Crippen LogP contribution in [-0.4, -0.2) is 11.1 Å². The molecule has 0 unspecified atom stereocenters. The van der Waals surface area contributed by atoms with Gasteiger partial charge in [-0.3, -0.25) is 4.79 Å². The summed E-state index contributed by atoms with van der Waals surface area (Å²) < 4.78 is -0.179. The number of hydrogen-bond acceptors (Lipinski definition) is 2. The van der Waals surface area contributed by atoms with Crippen LogP contribution in [0.15, 0.2) is 24.3 Å². The first-order valence-electron chi connectivity index (χ1n) is 4.43. The summed E-state index contributed by atoms with van der Waals surface area (Å²) >= 11 is 4.43. The van der Waals surface area contributed by atoms with E-state index in [4.69, 9.17) is 5.11 Å². The molecule has 14 heavy (non-hydrogen) atoms. The topological polar surface area (TPSA) is 37.3 Å². The summed E-state index contributed by atoms with van der Waals surface area (Å²) in [5.74, 6) is -0.803. The van der Waals surface area contributed by atoms with Crippen molar-refractivity contribution in [2.24, 2.45) is 0 Å². The number of benzene rings is 1. The van der Waals surface area contributed by atoms with Crippen LogP contribution in [0.25, 0.3) is 0 Å². The van der Waals surface area contributed by atoms with Gasteiger partial charge in [0.1, 0.15) is 0 Å². The maximum absolute atomic E-state index is 10.4. The van der Waals surface area contributed by atoms with Crippen LogP contribution in [-0.2, 0) is 16.0 Å². The molecule has 1 rings (SSSR count). The first-order valence-corrected chi connectivity index (χ1v) is 4.88. The Hall–Kier alpha value is -0.960. The third kappa shape index (κ3) is 3.07. The fourth-order valence-electron chi connectivity index (χ4n) is 1.21. The Morgan fingerprint density at radius 3 is 2.21 bits per heavy atom. The van der Waals surface area contributed by atoms with Gasteiger partial charge in [0.2, 0.25) is 0 Å². The molecule has 0 aromatic heterocycles. The molecule has 0 fully saturated rings. The van der Waals surface area contributed by atoms with Gasteiger partial charge >= 0.3 is 5.97 Å². The second kappa shape index (κ2) is 4.05. The molecule has 0 aliphatic heterocycles. The highest BCUT2D eigenvalue weighted by molar-refractivity contribution is 7.81. The van der Waals surface area contributed by atoms with Crippen LogP contribution in [0, 0.1) is 0 Å². The van der Waals surface area contributed by atoms with Crippen molar-refractivity contribution in [2.45, 2.75) is 25.0 Å². The fraction of sp³-hybridized carbons (Fsp3) is 0.364. The van der Waals surface area contributed by atoms with Crippen LogP contribution in [0.5, 0.6) is 0 Å². The van der Waals surface area contributed by atoms with Crippen LogP contribution in [0.3, 0.4) is 0 Å². The Balaban J connectivity index is 2.84. The maximum Gasteiger partial charge on any atom is 0.307 e. The lowest BCUT2D eigenvalue weighted by molar-refractivity contribution is -0.136. The number of carbonyl (C=O) groups is 1. The van der Waals surface area contributed by atoms with Gasteiger partial charge in [-0.15, -0.1) is 0 Å². The molecular formula is C11H14O2S. The van der Waals surface area contributed by atoms with Gasteiger partial charge in [0.25, 0.3) is 0 Å². The van der Waals surface area contributed by atoms with Crippen molar-refractivity contribution in [3.63, 3.8) is 0 Å². The van der Waals surface area contributed by atoms with E-state index < -0.39 is 5.97 Å². The van der Waals surface area contributed by atoms with Gasteiger partial charge in [0.05, 0.1) is 6.42 Å². The van der Waals surface area contributed by atoms with Crippen LogP contribution in [0.1, 0.15) is 25.0 Å². The summed E-state index contributed by atoms with van der Waals surface area (Å²) in [6.45, 7) is 4.00. The number of rotatable bonds is 3. The molecule has 76 valence electrons. The molecule has 0 saturated carbocycles. The van der Waals surface area contributed by atoms with Gasteiger partial charge < -0.3 is 5.11 Å². The van der Waals surface area contributed by atoms with Gasteiger partial charge in [-0.1, -0.05) is 24.3 Å². The summed E-state index contributed by atoms with van der Waals surface area (Å²) in [6.07, 6.45) is 0.0767. The quantitative estimate of drug-likeness (QED) is 0.752. The number of carboxylic acid groups (broad SMARTS) is 1. The van der Waals surface area contributed by atoms with Crippen molar-refractivity contribution in [1.82, 2.24) is 0 Å². The van der Waals surface area contributed by atoms with E-state index in [0.717, 1.165) is 11.1 Å². The van der Waals surface area contributed by atoms with Gasteiger partial charge in [-0.05, 0) is 25.0 Å². The predicted molar refractivity (Wildman–Crippen MR) is 59.8 cm³/mol. The molecular weight excluding hydrogens is 196 g/mol. The Morgan fingerprint density at radius 1 is 1.36 bits per heavy atom. The zero-order chi connectivity index (χ0) is 10.8. The number of hydrogen-bond donors (Lipinski definition) is 2. The van der Waals surface area contributed by atoms with Crippen molar-refractivity contribution in [2.75, 3.05) is 0 Å². The van der Waals surface area contributed by atoms with E-state index in [2.05, 4.69) is 12.6 Å². The van der Waals surface area contributed by atoms with Crippen molar-refractivity contribution < 1.29 is 9.90 Å². The van der Waals surface area contributed by atoms with Crippen molar-refractivity contribution in [1.29, 1.82) is 0 Å². The first kappa shape index (κ1) is 11.1. The predicted octanol–water partition coefficient (Wildman–Crippen LogP) is 2.48. The minimum Gasteiger partial charge on any atom is -0.481 e. The largest absolute Gasteiger partial charge is 0.481 e. The van der Waals surface area contributed by atoms with Crippen molar-refractivity contribution in [3.8, 4) is 0 Å². The Bertz CT molecular complexity index is 322. The summed E-state index contributed by atoms with van der Waals surface area (Å²) in [4.78, 5) is 10.4. The fourth-order valence-corrected chi connectivity index (χ4v) is 1.35. The molecule has 1 aromatic rings. The van der Waals surface area contributed by atoms with Crippen molar-refractivity contribution in [3.05, 3.63) is 35.4 Å². The van der Waals surface area contributed by atoms with E-state index in [-0.39, 0.29) is 11.2 Å². The maximum atomic E-state index is 10.4. The van der Waals surface area contributed by atoms with Gasteiger partial charge in [0, 0.05) is 4.75 Å². The van der Waals surface area contributed by atoms with E-state index >= 15 is 0 Å². The second-order valence-corrected chi connectivity index (χ2v) is 4.94. The molecule has 0 bridgehead atoms. The zero-order valence-corrected chi connectivity index (χ0v) is 9.21. The van der Waals surface area contributed by atoms with Gasteiger partial charge in [0.15, 0.2) is 0 Å². The van der Waals surface area contributed by atoms with Crippen LogP contribution in [0.2, 0.25) is 0 Å². The molecule has 1 aromatic carbocycles. The normalized spacial score (nSPS) is 11.4. The highest BCUT2D eigenvalue weighted by Crippen LogP contribution is 2.26. The molecule has 0 atom stereocenters. The summed E-state index contributed by atoms with van der Waals surface area (Å²) in [6, 6.07) is 7.51. The van der Waals surface area contributed by atoms with Crippen molar-refractivity contribution >= 4 is 18.6 Å². The van der Waals surface area contributed by atoms with E-state index in [0.29, 0.717) is 0 Å². The summed E-state index contributed by atoms with van der Waals surface area (Å²) in [5, 5.41) is 8.58. The average Bonchev–Trinajstić information content (AvgIpc) is 2.02. The minimum atomic E-state index is -0.803. The van der Waals surface area contributed by atoms with E-state index in [9.17, 15) is 4.79 Å². The molecule has 0 aliphatic carbocycles. The third-order valence-corrected chi connectivity index (χ3v) is 2.27. The lowest BCUT2D eigenvalue weighted by atomic mass is 10.00. The molecule has 0 radical (unpaired) electrons. The highest BCUT2D eigenvalue weighted by atomic mass is 32.1. The number of carboxylic acids is 1. The lowest BCUT2D eigenvalue weighted by Gasteiger charge is -2.17. The molecule has 1 N–H and O–H groups in total. The minimum absolute atomic E-state index is 0.0767. The molecule has 0 saturated heterocycles. The molecule has 0 amide bonds. The first-order chi connectivity index (χ1) is 6.39. The van der Waals surface area contributed by atoms with Crippen LogP contribution in [0.4, 0.5) is 0 Å². The monoisotopic (exact) mass is 210 g/mol. The van der Waals surface area contributed by atoms with E-state index in [1.807, 2.05) is 38.1 Å². The summed E-state index contributed by atoms with van der Waals surface area (Å²) in [7, 11) is 0. The molecule has 0 heterocycles. The average molecular weight is 210 g/mol. The van der Waals surface area contributed by atoms with Crippen LogP contribution < -0.4 is 0 Å². The summed E-state index contributed by atoms with van der Waals surface area (Å²) in [5.41, 5.74) is 1.91. The highest BCUT2D eigenvalue weighted by Gasteiger charge is 2.14. The Morgan fingerprint density at radius 2 is 1.86 bits per heavy atom. The molecule has 0 spiro atoms. The van der Waals surface area contributed by atoms with Gasteiger partial charge in [-0.25, -0.2) is 0 Å². The lowest BCUT2D eigenvalue weighted by Crippen LogP contribution is -2.08. The second-order valence-electron chi connectivity index (χ2n) is 3.83. The van der Waals surface area contributed by atoms with E-state index in [1.54, 1.807) is 0 Å². The smallest absolute Gasteiger partial charge is 0.307 e. The standard InChI is InChI=1S/C11H14O2S/c1-11(2,14)9-5-3-8(4-6-9)7-10(12)13/h3-6,14H,7H2,1-2H3,(H,12,13). The number of thiol groups is 1. The zero-order valence-electron chi connectivity index (χ0n) is 8.32. The van der Waals surface area contributed by atoms with E-state index in [1.165, 1.54) is 0 Å². The number of aliphatic carboxylic acids is 1. The Kier molecular flexibility index (Phi) is 3.21. The molecule has 2 nitrogen and oxygen atoms in total. The third-order valence-electron chi connectivity index (χ3n) is 2.02. The molecule has 3 heteroatoms. The van der Waals surface area contributed by atoms with Crippen LogP contribution >= 0.6 is 12.6 Å². The van der Waals surface area contributed by atoms with Gasteiger partial charge in [-0.2, -0.15) is 12.6 Å². The molecule has 0 aliphatic rings. The Labute approximate surface area is 89.4 Å².